The summed E-state index contributed by atoms with van der Waals surface area (Å²) in [6, 6.07) is 4.78. The maximum absolute atomic E-state index is 4.52. The second-order valence-electron chi connectivity index (χ2n) is 4.93. The molecule has 90 valence electrons. The molecular formula is C14H14N4. The third-order valence-electron chi connectivity index (χ3n) is 3.59. The lowest BCUT2D eigenvalue weighted by Crippen LogP contribution is -1.96. The molecule has 0 aliphatic heterocycles. The van der Waals surface area contributed by atoms with Crippen LogP contribution in [0, 0.1) is 6.92 Å². The Kier molecular flexibility index (Phi) is 1.89. The fraction of sp³-hybridized carbons (Fsp3) is 0.286. The number of hydrogen-bond acceptors (Lipinski definition) is 2. The molecule has 3 aromatic heterocycles. The van der Waals surface area contributed by atoms with E-state index in [2.05, 4.69) is 33.8 Å². The fourth-order valence-electron chi connectivity index (χ4n) is 2.55. The Morgan fingerprint density at radius 1 is 1.28 bits per heavy atom. The van der Waals surface area contributed by atoms with Gasteiger partial charge in [-0.15, -0.1) is 0 Å². The molecule has 4 nitrogen and oxygen atoms in total. The molecule has 0 spiro atoms. The van der Waals surface area contributed by atoms with Crippen molar-refractivity contribution in [3.8, 4) is 11.4 Å². The highest BCUT2D eigenvalue weighted by atomic mass is 15.2. The summed E-state index contributed by atoms with van der Waals surface area (Å²) in [7, 11) is 0. The Morgan fingerprint density at radius 2 is 2.17 bits per heavy atom. The molecular weight excluding hydrogens is 224 g/mol. The van der Waals surface area contributed by atoms with Gasteiger partial charge in [-0.2, -0.15) is 5.10 Å². The molecule has 0 unspecified atom stereocenters. The third kappa shape index (κ3) is 1.32. The van der Waals surface area contributed by atoms with Gasteiger partial charge in [0.05, 0.1) is 17.3 Å². The predicted octanol–water partition coefficient (Wildman–Crippen LogP) is 2.84. The number of aryl methyl sites for hydroxylation is 1. The first-order chi connectivity index (χ1) is 8.84. The third-order valence-corrected chi connectivity index (χ3v) is 3.59. The van der Waals surface area contributed by atoms with E-state index in [9.17, 15) is 0 Å². The molecule has 18 heavy (non-hydrogen) atoms. The van der Waals surface area contributed by atoms with Crippen molar-refractivity contribution in [1.82, 2.24) is 19.2 Å². The molecule has 0 radical (unpaired) electrons. The quantitative estimate of drug-likeness (QED) is 0.688. The standard InChI is InChI=1S/C14H14N4/c1-10-3-2-7-18-13(10)12(9-16-18)14-15-6-8-17(14)11-4-5-11/h2-3,6-9,11H,4-5H2,1H3. The van der Waals surface area contributed by atoms with Gasteiger partial charge in [0.1, 0.15) is 5.82 Å². The van der Waals surface area contributed by atoms with Crippen molar-refractivity contribution in [3.63, 3.8) is 0 Å². The minimum absolute atomic E-state index is 0.640. The van der Waals surface area contributed by atoms with Crippen LogP contribution in [0.5, 0.6) is 0 Å². The lowest BCUT2D eigenvalue weighted by Gasteiger charge is -2.05. The Bertz CT molecular complexity index is 718. The number of fused-ring (bicyclic) bond motifs is 1. The van der Waals surface area contributed by atoms with Crippen LogP contribution in [-0.4, -0.2) is 19.2 Å². The molecule has 0 atom stereocenters. The van der Waals surface area contributed by atoms with Crippen molar-refractivity contribution >= 4 is 5.52 Å². The van der Waals surface area contributed by atoms with E-state index in [1.54, 1.807) is 0 Å². The van der Waals surface area contributed by atoms with Crippen molar-refractivity contribution in [1.29, 1.82) is 0 Å². The second kappa shape index (κ2) is 3.45. The summed E-state index contributed by atoms with van der Waals surface area (Å²) >= 11 is 0. The average molecular weight is 238 g/mol. The lowest BCUT2D eigenvalue weighted by atomic mass is 10.1. The van der Waals surface area contributed by atoms with Crippen molar-refractivity contribution < 1.29 is 0 Å². The zero-order valence-corrected chi connectivity index (χ0v) is 10.2. The number of pyridine rings is 1. The first-order valence-electron chi connectivity index (χ1n) is 6.31. The Labute approximate surface area is 105 Å². The zero-order chi connectivity index (χ0) is 12.1. The van der Waals surface area contributed by atoms with Gasteiger partial charge in [0.2, 0.25) is 0 Å². The van der Waals surface area contributed by atoms with E-state index < -0.39 is 0 Å². The van der Waals surface area contributed by atoms with Crippen LogP contribution in [-0.2, 0) is 0 Å². The van der Waals surface area contributed by atoms with Gasteiger partial charge in [0, 0.05) is 24.6 Å². The number of rotatable bonds is 2. The van der Waals surface area contributed by atoms with Crippen LogP contribution < -0.4 is 0 Å². The number of aromatic nitrogens is 4. The van der Waals surface area contributed by atoms with Crippen LogP contribution in [0.25, 0.3) is 16.9 Å². The number of imidazole rings is 1. The van der Waals surface area contributed by atoms with E-state index >= 15 is 0 Å². The van der Waals surface area contributed by atoms with Gasteiger partial charge in [-0.1, -0.05) is 6.07 Å². The van der Waals surface area contributed by atoms with Gasteiger partial charge >= 0.3 is 0 Å². The monoisotopic (exact) mass is 238 g/mol. The van der Waals surface area contributed by atoms with E-state index in [0.29, 0.717) is 6.04 Å². The molecule has 1 aliphatic carbocycles. The number of nitrogens with zero attached hydrogens (tertiary/aromatic N) is 4. The van der Waals surface area contributed by atoms with E-state index in [1.807, 2.05) is 29.2 Å². The Hall–Kier alpha value is -2.10. The van der Waals surface area contributed by atoms with Crippen molar-refractivity contribution in [2.45, 2.75) is 25.8 Å². The topological polar surface area (TPSA) is 35.1 Å². The van der Waals surface area contributed by atoms with E-state index in [4.69, 9.17) is 0 Å². The summed E-state index contributed by atoms with van der Waals surface area (Å²) in [4.78, 5) is 4.52. The van der Waals surface area contributed by atoms with Gasteiger partial charge in [0.25, 0.3) is 0 Å². The van der Waals surface area contributed by atoms with Crippen LogP contribution in [0.15, 0.2) is 36.9 Å². The van der Waals surface area contributed by atoms with Crippen LogP contribution in [0.3, 0.4) is 0 Å². The molecule has 3 aromatic rings. The zero-order valence-electron chi connectivity index (χ0n) is 10.2. The normalized spacial score (nSPS) is 15.4. The largest absolute Gasteiger partial charge is 0.328 e. The summed E-state index contributed by atoms with van der Waals surface area (Å²) in [6.45, 7) is 2.12. The summed E-state index contributed by atoms with van der Waals surface area (Å²) in [6.07, 6.45) is 10.4. The van der Waals surface area contributed by atoms with Crippen LogP contribution >= 0.6 is 0 Å². The maximum atomic E-state index is 4.52. The van der Waals surface area contributed by atoms with Crippen LogP contribution in [0.1, 0.15) is 24.4 Å². The summed E-state index contributed by atoms with van der Waals surface area (Å²) in [5.41, 5.74) is 3.52. The van der Waals surface area contributed by atoms with E-state index in [1.165, 1.54) is 18.4 Å². The van der Waals surface area contributed by atoms with E-state index in [0.717, 1.165) is 16.9 Å². The molecule has 0 saturated heterocycles. The molecule has 0 bridgehead atoms. The Balaban J connectivity index is 1.99. The minimum atomic E-state index is 0.640. The van der Waals surface area contributed by atoms with Gasteiger partial charge < -0.3 is 4.57 Å². The lowest BCUT2D eigenvalue weighted by molar-refractivity contribution is 0.750. The average Bonchev–Trinajstić information content (AvgIpc) is 2.94. The number of hydrogen-bond donors (Lipinski definition) is 0. The molecule has 0 aromatic carbocycles. The fourth-order valence-corrected chi connectivity index (χ4v) is 2.55. The van der Waals surface area contributed by atoms with E-state index in [-0.39, 0.29) is 0 Å². The molecule has 1 fully saturated rings. The second-order valence-corrected chi connectivity index (χ2v) is 4.93. The molecule has 4 heteroatoms. The van der Waals surface area contributed by atoms with Gasteiger partial charge in [-0.25, -0.2) is 9.50 Å². The van der Waals surface area contributed by atoms with Gasteiger partial charge in [0.15, 0.2) is 0 Å². The van der Waals surface area contributed by atoms with Crippen LogP contribution in [0.2, 0.25) is 0 Å². The summed E-state index contributed by atoms with van der Waals surface area (Å²) < 4.78 is 4.21. The first kappa shape index (κ1) is 9.88. The molecule has 1 aliphatic rings. The first-order valence-corrected chi connectivity index (χ1v) is 6.31. The SMILES string of the molecule is Cc1cccn2ncc(-c3nccn3C3CC3)c12. The molecule has 0 N–H and O–H groups in total. The highest BCUT2D eigenvalue weighted by molar-refractivity contribution is 5.78. The summed E-state index contributed by atoms with van der Waals surface area (Å²) in [5.74, 6) is 1.04. The molecule has 4 rings (SSSR count). The molecule has 3 heterocycles. The molecule has 0 amide bonds. The van der Waals surface area contributed by atoms with Crippen LogP contribution in [0.4, 0.5) is 0 Å². The van der Waals surface area contributed by atoms with Crippen molar-refractivity contribution in [2.75, 3.05) is 0 Å². The van der Waals surface area contributed by atoms with Crippen molar-refractivity contribution in [3.05, 3.63) is 42.5 Å². The highest BCUT2D eigenvalue weighted by Crippen LogP contribution is 2.38. The highest BCUT2D eigenvalue weighted by Gasteiger charge is 2.26. The van der Waals surface area contributed by atoms with Gasteiger partial charge in [-0.05, 0) is 31.4 Å². The maximum Gasteiger partial charge on any atom is 0.143 e. The predicted molar refractivity (Wildman–Crippen MR) is 69.4 cm³/mol. The smallest absolute Gasteiger partial charge is 0.143 e. The minimum Gasteiger partial charge on any atom is -0.328 e. The molecule has 1 saturated carbocycles. The van der Waals surface area contributed by atoms with Crippen molar-refractivity contribution in [2.24, 2.45) is 0 Å². The Morgan fingerprint density at radius 3 is 3.00 bits per heavy atom. The van der Waals surface area contributed by atoms with Gasteiger partial charge in [-0.3, -0.25) is 0 Å². The summed E-state index contributed by atoms with van der Waals surface area (Å²) in [5, 5.41) is 4.42.